The van der Waals surface area contributed by atoms with Crippen molar-refractivity contribution >= 4 is 34.7 Å². The highest BCUT2D eigenvalue weighted by atomic mass is 35.5. The molecule has 0 aliphatic carbocycles. The summed E-state index contributed by atoms with van der Waals surface area (Å²) in [7, 11) is 0. The standard InChI is InChI=1S/C23H21ClN4O8/c1-2-23(34)14(10-35-16(20(30)31)21(32)33)36-19(17(23)29)28-11-25-15-13(26-22(24)27-18(15)28)9-8-12-6-4-3-5-7-12/h1,3-7,11,14,16-17,19,29,34H,8-10H2,(H,30,31)(H,32,33)/t14-,17+,19-,23-/m1/s1. The number of nitrogens with zero attached hydrogens (tertiary/aromatic N) is 4. The van der Waals surface area contributed by atoms with E-state index in [-0.39, 0.29) is 10.9 Å². The topological polar surface area (TPSA) is 177 Å². The molecule has 36 heavy (non-hydrogen) atoms. The molecule has 0 spiro atoms. The number of aryl methyl sites for hydroxylation is 2. The zero-order valence-electron chi connectivity index (χ0n) is 18.6. The van der Waals surface area contributed by atoms with Gasteiger partial charge in [0.1, 0.15) is 17.7 Å². The van der Waals surface area contributed by atoms with Gasteiger partial charge in [-0.15, -0.1) is 6.42 Å². The molecular weight excluding hydrogens is 496 g/mol. The van der Waals surface area contributed by atoms with Crippen LogP contribution in [0.15, 0.2) is 36.7 Å². The molecule has 4 atom stereocenters. The summed E-state index contributed by atoms with van der Waals surface area (Å²) in [6.07, 6.45) is 1.15. The minimum Gasteiger partial charge on any atom is -0.479 e. The summed E-state index contributed by atoms with van der Waals surface area (Å²) in [5.41, 5.74) is -0.102. The first-order valence-electron chi connectivity index (χ1n) is 10.7. The number of aromatic nitrogens is 4. The van der Waals surface area contributed by atoms with Crippen molar-refractivity contribution in [1.29, 1.82) is 0 Å². The maximum atomic E-state index is 11.1. The number of ether oxygens (including phenoxy) is 2. The number of hydrogen-bond donors (Lipinski definition) is 4. The Hall–Kier alpha value is -3.60. The van der Waals surface area contributed by atoms with Gasteiger partial charge in [-0.1, -0.05) is 36.3 Å². The van der Waals surface area contributed by atoms with Crippen LogP contribution in [0.1, 0.15) is 17.5 Å². The summed E-state index contributed by atoms with van der Waals surface area (Å²) in [6.45, 7) is -0.734. The van der Waals surface area contributed by atoms with Gasteiger partial charge in [0.25, 0.3) is 6.10 Å². The molecule has 1 aromatic carbocycles. The smallest absolute Gasteiger partial charge is 0.344 e. The number of rotatable bonds is 9. The van der Waals surface area contributed by atoms with E-state index >= 15 is 0 Å². The van der Waals surface area contributed by atoms with Gasteiger partial charge in [-0.2, -0.15) is 4.98 Å². The molecule has 3 aromatic rings. The molecule has 1 aliphatic rings. The van der Waals surface area contributed by atoms with Crippen LogP contribution in [0.3, 0.4) is 0 Å². The average Bonchev–Trinajstić information content (AvgIpc) is 3.37. The second-order valence-corrected chi connectivity index (χ2v) is 8.41. The molecular formula is C23H21ClN4O8. The van der Waals surface area contributed by atoms with Crippen LogP contribution >= 0.6 is 11.6 Å². The first-order valence-corrected chi connectivity index (χ1v) is 11.1. The Morgan fingerprint density at radius 1 is 1.22 bits per heavy atom. The van der Waals surface area contributed by atoms with E-state index in [1.54, 1.807) is 0 Å². The van der Waals surface area contributed by atoms with Crippen LogP contribution in [0.4, 0.5) is 0 Å². The van der Waals surface area contributed by atoms with Crippen molar-refractivity contribution in [2.24, 2.45) is 0 Å². The number of aliphatic hydroxyl groups excluding tert-OH is 1. The van der Waals surface area contributed by atoms with Crippen molar-refractivity contribution in [3.8, 4) is 12.3 Å². The molecule has 0 bridgehead atoms. The van der Waals surface area contributed by atoms with Crippen molar-refractivity contribution < 1.29 is 39.5 Å². The van der Waals surface area contributed by atoms with Crippen molar-refractivity contribution in [3.63, 3.8) is 0 Å². The van der Waals surface area contributed by atoms with E-state index < -0.39 is 48.7 Å². The maximum absolute atomic E-state index is 11.1. The van der Waals surface area contributed by atoms with Crippen molar-refractivity contribution in [2.75, 3.05) is 6.61 Å². The molecule has 1 aliphatic heterocycles. The van der Waals surface area contributed by atoms with Gasteiger partial charge in [0, 0.05) is 0 Å². The number of terminal acetylenes is 1. The normalized spacial score (nSPS) is 23.7. The minimum atomic E-state index is -2.34. The van der Waals surface area contributed by atoms with Gasteiger partial charge in [-0.25, -0.2) is 19.6 Å². The Bertz CT molecular complexity index is 1310. The molecule has 188 valence electrons. The molecule has 0 amide bonds. The number of imidazole rings is 1. The van der Waals surface area contributed by atoms with E-state index in [1.165, 1.54) is 10.9 Å². The Labute approximate surface area is 209 Å². The van der Waals surface area contributed by atoms with Crippen LogP contribution in [-0.4, -0.2) is 82.4 Å². The number of carboxylic acid groups (broad SMARTS) is 2. The Kier molecular flexibility index (Phi) is 7.21. The van der Waals surface area contributed by atoms with Crippen LogP contribution in [0.5, 0.6) is 0 Å². The fourth-order valence-electron chi connectivity index (χ4n) is 3.96. The van der Waals surface area contributed by atoms with Crippen LogP contribution in [0.2, 0.25) is 5.28 Å². The number of aliphatic carboxylic acids is 2. The van der Waals surface area contributed by atoms with Gasteiger partial charge in [0.15, 0.2) is 17.5 Å². The first kappa shape index (κ1) is 25.5. The SMILES string of the molecule is C#C[C@@]1(O)[C@@H](COC(C(=O)O)C(=O)O)O[C@@H](n2cnc3c(CCc4ccccc4)nc(Cl)nc32)[C@@H]1O. The van der Waals surface area contributed by atoms with E-state index in [0.717, 1.165) is 5.56 Å². The maximum Gasteiger partial charge on any atom is 0.344 e. The average molecular weight is 517 g/mol. The van der Waals surface area contributed by atoms with Crippen LogP contribution in [0, 0.1) is 12.3 Å². The highest BCUT2D eigenvalue weighted by Crippen LogP contribution is 2.38. The van der Waals surface area contributed by atoms with Gasteiger partial charge >= 0.3 is 11.9 Å². The van der Waals surface area contributed by atoms with Gasteiger partial charge in [-0.3, -0.25) is 4.57 Å². The lowest BCUT2D eigenvalue weighted by molar-refractivity contribution is -0.171. The molecule has 1 fully saturated rings. The number of benzene rings is 1. The molecule has 3 heterocycles. The molecule has 12 nitrogen and oxygen atoms in total. The molecule has 0 radical (unpaired) electrons. The Balaban J connectivity index is 1.61. The van der Waals surface area contributed by atoms with E-state index in [0.29, 0.717) is 24.1 Å². The number of aliphatic hydroxyl groups is 2. The predicted octanol–water partition coefficient (Wildman–Crippen LogP) is 0.442. The van der Waals surface area contributed by atoms with Crippen LogP contribution in [0.25, 0.3) is 11.2 Å². The summed E-state index contributed by atoms with van der Waals surface area (Å²) in [6, 6.07) is 9.71. The zero-order valence-corrected chi connectivity index (χ0v) is 19.3. The highest BCUT2D eigenvalue weighted by Gasteiger charge is 2.56. The fraction of sp³-hybridized carbons (Fsp3) is 0.348. The molecule has 2 aromatic heterocycles. The zero-order chi connectivity index (χ0) is 26.0. The Morgan fingerprint density at radius 2 is 1.92 bits per heavy atom. The van der Waals surface area contributed by atoms with Crippen LogP contribution < -0.4 is 0 Å². The summed E-state index contributed by atoms with van der Waals surface area (Å²) in [4.78, 5) is 35.0. The van der Waals surface area contributed by atoms with Gasteiger partial charge in [-0.05, 0) is 30.0 Å². The number of fused-ring (bicyclic) bond motifs is 1. The van der Waals surface area contributed by atoms with Crippen molar-refractivity contribution in [1.82, 2.24) is 19.5 Å². The van der Waals surface area contributed by atoms with E-state index in [9.17, 15) is 19.8 Å². The molecule has 1 saturated heterocycles. The number of hydrogen-bond acceptors (Lipinski definition) is 9. The second kappa shape index (κ2) is 10.2. The fourth-order valence-corrected chi connectivity index (χ4v) is 4.14. The lowest BCUT2D eigenvalue weighted by atomic mass is 9.93. The molecule has 0 unspecified atom stereocenters. The third kappa shape index (κ3) is 4.75. The minimum absolute atomic E-state index is 0.0716. The predicted molar refractivity (Wildman–Crippen MR) is 123 cm³/mol. The molecule has 13 heteroatoms. The summed E-state index contributed by atoms with van der Waals surface area (Å²) >= 11 is 6.15. The van der Waals surface area contributed by atoms with Gasteiger partial charge in [0.05, 0.1) is 18.6 Å². The molecule has 4 rings (SSSR count). The van der Waals surface area contributed by atoms with Gasteiger partial charge < -0.3 is 29.9 Å². The summed E-state index contributed by atoms with van der Waals surface area (Å²) in [5, 5.41) is 39.7. The second-order valence-electron chi connectivity index (χ2n) is 8.07. The molecule has 4 N–H and O–H groups in total. The third-order valence-corrected chi connectivity index (χ3v) is 6.01. The quantitative estimate of drug-likeness (QED) is 0.176. The number of carbonyl (C=O) groups is 2. The van der Waals surface area contributed by atoms with Crippen molar-refractivity contribution in [2.45, 2.75) is 43.0 Å². The van der Waals surface area contributed by atoms with Crippen LogP contribution in [-0.2, 0) is 31.9 Å². The highest BCUT2D eigenvalue weighted by molar-refractivity contribution is 6.28. The van der Waals surface area contributed by atoms with Gasteiger partial charge in [0.2, 0.25) is 5.28 Å². The monoisotopic (exact) mass is 516 g/mol. The largest absolute Gasteiger partial charge is 0.479 e. The number of halogens is 1. The first-order chi connectivity index (χ1) is 17.2. The van der Waals surface area contributed by atoms with E-state index in [1.807, 2.05) is 36.3 Å². The lowest BCUT2D eigenvalue weighted by Crippen LogP contribution is -2.49. The lowest BCUT2D eigenvalue weighted by Gasteiger charge is -2.25. The van der Waals surface area contributed by atoms with Crippen molar-refractivity contribution in [3.05, 3.63) is 53.2 Å². The summed E-state index contributed by atoms with van der Waals surface area (Å²) < 4.78 is 11.9. The number of carboxylic acids is 2. The Morgan fingerprint density at radius 3 is 2.56 bits per heavy atom. The van der Waals surface area contributed by atoms with E-state index in [2.05, 4.69) is 15.0 Å². The summed E-state index contributed by atoms with van der Waals surface area (Å²) in [5.74, 6) is -1.47. The third-order valence-electron chi connectivity index (χ3n) is 5.84. The molecule has 0 saturated carbocycles. The van der Waals surface area contributed by atoms with E-state index in [4.69, 9.17) is 37.7 Å².